The van der Waals surface area contributed by atoms with Crippen LogP contribution in [0.25, 0.3) is 17.0 Å². The SMILES string of the molecule is Oc1ccn2c(-c3ccccn3)ncc2c1. The molecular weight excluding hydrogens is 202 g/mol. The minimum Gasteiger partial charge on any atom is -0.508 e. The molecule has 0 bridgehead atoms. The van der Waals surface area contributed by atoms with Crippen molar-refractivity contribution in [2.75, 3.05) is 0 Å². The number of pyridine rings is 2. The van der Waals surface area contributed by atoms with Crippen LogP contribution in [-0.2, 0) is 0 Å². The van der Waals surface area contributed by atoms with E-state index >= 15 is 0 Å². The number of nitrogens with zero attached hydrogens (tertiary/aromatic N) is 3. The summed E-state index contributed by atoms with van der Waals surface area (Å²) in [6.45, 7) is 0. The van der Waals surface area contributed by atoms with Crippen LogP contribution in [0.5, 0.6) is 5.75 Å². The highest BCUT2D eigenvalue weighted by Crippen LogP contribution is 2.19. The molecule has 4 heteroatoms. The zero-order valence-corrected chi connectivity index (χ0v) is 8.41. The molecular formula is C12H9N3O. The molecule has 0 saturated heterocycles. The van der Waals surface area contributed by atoms with Crippen molar-refractivity contribution >= 4 is 5.52 Å². The molecule has 3 heterocycles. The summed E-state index contributed by atoms with van der Waals surface area (Å²) in [6, 6.07) is 8.98. The lowest BCUT2D eigenvalue weighted by molar-refractivity contribution is 0.475. The smallest absolute Gasteiger partial charge is 0.163 e. The Kier molecular flexibility index (Phi) is 1.86. The molecule has 0 saturated carbocycles. The van der Waals surface area contributed by atoms with E-state index < -0.39 is 0 Å². The van der Waals surface area contributed by atoms with Crippen LogP contribution in [0.1, 0.15) is 0 Å². The summed E-state index contributed by atoms with van der Waals surface area (Å²) in [6.07, 6.45) is 5.22. The molecule has 0 atom stereocenters. The lowest BCUT2D eigenvalue weighted by Crippen LogP contribution is -1.90. The third-order valence-corrected chi connectivity index (χ3v) is 2.41. The molecule has 3 aromatic rings. The molecule has 0 radical (unpaired) electrons. The third-order valence-electron chi connectivity index (χ3n) is 2.41. The molecule has 0 unspecified atom stereocenters. The van der Waals surface area contributed by atoms with E-state index in [4.69, 9.17) is 0 Å². The number of hydrogen-bond acceptors (Lipinski definition) is 3. The first-order valence-corrected chi connectivity index (χ1v) is 4.92. The maximum absolute atomic E-state index is 9.35. The highest BCUT2D eigenvalue weighted by Gasteiger charge is 2.06. The highest BCUT2D eigenvalue weighted by molar-refractivity contribution is 5.60. The van der Waals surface area contributed by atoms with Crippen molar-refractivity contribution < 1.29 is 5.11 Å². The van der Waals surface area contributed by atoms with Crippen LogP contribution in [-0.4, -0.2) is 19.5 Å². The van der Waals surface area contributed by atoms with E-state index in [1.807, 2.05) is 22.6 Å². The Morgan fingerprint density at radius 3 is 2.88 bits per heavy atom. The summed E-state index contributed by atoms with van der Waals surface area (Å²) >= 11 is 0. The molecule has 0 aliphatic heterocycles. The van der Waals surface area contributed by atoms with Gasteiger partial charge >= 0.3 is 0 Å². The van der Waals surface area contributed by atoms with Crippen molar-refractivity contribution in [3.63, 3.8) is 0 Å². The van der Waals surface area contributed by atoms with Crippen LogP contribution in [0.2, 0.25) is 0 Å². The zero-order chi connectivity index (χ0) is 11.0. The summed E-state index contributed by atoms with van der Waals surface area (Å²) in [7, 11) is 0. The summed E-state index contributed by atoms with van der Waals surface area (Å²) in [4.78, 5) is 8.54. The first-order valence-electron chi connectivity index (χ1n) is 4.92. The average molecular weight is 211 g/mol. The Balaban J connectivity index is 2.26. The van der Waals surface area contributed by atoms with Gasteiger partial charge in [-0.2, -0.15) is 0 Å². The zero-order valence-electron chi connectivity index (χ0n) is 8.41. The number of imidazole rings is 1. The van der Waals surface area contributed by atoms with Crippen LogP contribution < -0.4 is 0 Å². The van der Waals surface area contributed by atoms with Gasteiger partial charge in [-0.25, -0.2) is 4.98 Å². The van der Waals surface area contributed by atoms with Gasteiger partial charge in [-0.15, -0.1) is 0 Å². The Labute approximate surface area is 91.8 Å². The van der Waals surface area contributed by atoms with Crippen LogP contribution in [0.4, 0.5) is 0 Å². The van der Waals surface area contributed by atoms with E-state index in [0.717, 1.165) is 17.0 Å². The molecule has 0 aliphatic rings. The molecule has 4 nitrogen and oxygen atoms in total. The second kappa shape index (κ2) is 3.34. The second-order valence-corrected chi connectivity index (χ2v) is 3.48. The van der Waals surface area contributed by atoms with Crippen LogP contribution in [0.3, 0.4) is 0 Å². The Morgan fingerprint density at radius 1 is 1.12 bits per heavy atom. The van der Waals surface area contributed by atoms with Gasteiger partial charge in [0, 0.05) is 18.5 Å². The van der Waals surface area contributed by atoms with E-state index in [9.17, 15) is 5.11 Å². The van der Waals surface area contributed by atoms with Gasteiger partial charge in [-0.3, -0.25) is 9.38 Å². The fourth-order valence-electron chi connectivity index (χ4n) is 1.67. The number of aromatic hydroxyl groups is 1. The summed E-state index contributed by atoms with van der Waals surface area (Å²) in [5.41, 5.74) is 1.66. The molecule has 3 aromatic heterocycles. The molecule has 0 aromatic carbocycles. The highest BCUT2D eigenvalue weighted by atomic mass is 16.3. The van der Waals surface area contributed by atoms with Gasteiger partial charge in [-0.1, -0.05) is 6.07 Å². The fourth-order valence-corrected chi connectivity index (χ4v) is 1.67. The summed E-state index contributed by atoms with van der Waals surface area (Å²) < 4.78 is 1.89. The van der Waals surface area contributed by atoms with Crippen LogP contribution >= 0.6 is 0 Å². The van der Waals surface area contributed by atoms with Gasteiger partial charge in [0.1, 0.15) is 11.4 Å². The van der Waals surface area contributed by atoms with E-state index in [1.54, 1.807) is 30.7 Å². The standard InChI is InChI=1S/C12H9N3O/c16-10-4-6-15-9(7-10)8-14-12(15)11-3-1-2-5-13-11/h1-8,16H. The minimum atomic E-state index is 0.236. The van der Waals surface area contributed by atoms with Gasteiger partial charge in [0.2, 0.25) is 0 Å². The first-order chi connectivity index (χ1) is 7.84. The predicted octanol–water partition coefficient (Wildman–Crippen LogP) is 2.10. The first kappa shape index (κ1) is 8.91. The van der Waals surface area contributed by atoms with E-state index in [0.29, 0.717) is 0 Å². The number of fused-ring (bicyclic) bond motifs is 1. The third kappa shape index (κ3) is 1.32. The molecule has 78 valence electrons. The van der Waals surface area contributed by atoms with Gasteiger partial charge in [0.15, 0.2) is 5.82 Å². The normalized spacial score (nSPS) is 10.8. The number of rotatable bonds is 1. The molecule has 0 aliphatic carbocycles. The van der Waals surface area contributed by atoms with E-state index in [-0.39, 0.29) is 5.75 Å². The summed E-state index contributed by atoms with van der Waals surface area (Å²) in [5.74, 6) is 1.01. The molecule has 0 fully saturated rings. The molecule has 0 spiro atoms. The van der Waals surface area contributed by atoms with E-state index in [1.165, 1.54) is 0 Å². The predicted molar refractivity (Wildman–Crippen MR) is 60.1 cm³/mol. The van der Waals surface area contributed by atoms with Gasteiger partial charge < -0.3 is 5.11 Å². The molecule has 3 rings (SSSR count). The average Bonchev–Trinajstić information content (AvgIpc) is 2.73. The van der Waals surface area contributed by atoms with Gasteiger partial charge in [0.05, 0.1) is 11.7 Å². The van der Waals surface area contributed by atoms with Crippen molar-refractivity contribution in [3.8, 4) is 17.3 Å². The summed E-state index contributed by atoms with van der Waals surface area (Å²) in [5, 5.41) is 9.35. The topological polar surface area (TPSA) is 50.4 Å². The van der Waals surface area contributed by atoms with Crippen LogP contribution in [0.15, 0.2) is 48.9 Å². The lowest BCUT2D eigenvalue weighted by atomic mass is 10.3. The fraction of sp³-hybridized carbons (Fsp3) is 0. The second-order valence-electron chi connectivity index (χ2n) is 3.48. The largest absolute Gasteiger partial charge is 0.508 e. The quantitative estimate of drug-likeness (QED) is 0.670. The Hall–Kier alpha value is -2.36. The molecule has 16 heavy (non-hydrogen) atoms. The van der Waals surface area contributed by atoms with Crippen molar-refractivity contribution in [2.24, 2.45) is 0 Å². The maximum Gasteiger partial charge on any atom is 0.163 e. The number of aromatic nitrogens is 3. The maximum atomic E-state index is 9.35. The van der Waals surface area contributed by atoms with Crippen molar-refractivity contribution in [1.82, 2.24) is 14.4 Å². The Morgan fingerprint density at radius 2 is 2.06 bits per heavy atom. The number of hydrogen-bond donors (Lipinski definition) is 1. The molecule has 1 N–H and O–H groups in total. The van der Waals surface area contributed by atoms with Crippen molar-refractivity contribution in [2.45, 2.75) is 0 Å². The van der Waals surface area contributed by atoms with E-state index in [2.05, 4.69) is 9.97 Å². The van der Waals surface area contributed by atoms with Crippen molar-refractivity contribution in [3.05, 3.63) is 48.9 Å². The Bertz CT molecular complexity index is 631. The van der Waals surface area contributed by atoms with Gasteiger partial charge in [0.25, 0.3) is 0 Å². The minimum absolute atomic E-state index is 0.236. The van der Waals surface area contributed by atoms with Crippen molar-refractivity contribution in [1.29, 1.82) is 0 Å². The van der Waals surface area contributed by atoms with Gasteiger partial charge in [-0.05, 0) is 18.2 Å². The lowest BCUT2D eigenvalue weighted by Gasteiger charge is -2.00. The monoisotopic (exact) mass is 211 g/mol. The molecule has 0 amide bonds. The van der Waals surface area contributed by atoms with Crippen LogP contribution in [0, 0.1) is 0 Å².